The molecule has 0 saturated carbocycles. The number of aromatic nitrogens is 2. The van der Waals surface area contributed by atoms with Gasteiger partial charge in [-0.2, -0.15) is 0 Å². The van der Waals surface area contributed by atoms with Gasteiger partial charge in [0.25, 0.3) is 0 Å². The van der Waals surface area contributed by atoms with E-state index in [1.54, 1.807) is 6.07 Å². The Hall–Kier alpha value is -1.36. The van der Waals surface area contributed by atoms with Crippen molar-refractivity contribution in [3.05, 3.63) is 12.4 Å². The highest BCUT2D eigenvalue weighted by Gasteiger charge is 1.98. The molecule has 1 aromatic rings. The molecule has 1 N–H and O–H groups in total. The highest BCUT2D eigenvalue weighted by atomic mass is 16.5. The van der Waals surface area contributed by atoms with Crippen LogP contribution < -0.4 is 10.1 Å². The third-order valence-corrected chi connectivity index (χ3v) is 1.80. The fourth-order valence-electron chi connectivity index (χ4n) is 1.07. The molecule has 0 unspecified atom stereocenters. The summed E-state index contributed by atoms with van der Waals surface area (Å²) in [5.41, 5.74) is 0. The van der Waals surface area contributed by atoms with Gasteiger partial charge in [-0.05, 0) is 21.0 Å². The Morgan fingerprint density at radius 1 is 1.40 bits per heavy atom. The largest absolute Gasteiger partial charge is 0.478 e. The number of nitrogens with zero attached hydrogens (tertiary/aromatic N) is 3. The zero-order valence-electron chi connectivity index (χ0n) is 9.53. The molecule has 0 radical (unpaired) electrons. The number of hydrogen-bond acceptors (Lipinski definition) is 5. The molecule has 1 heterocycles. The normalized spacial score (nSPS) is 10.4. The minimum Gasteiger partial charge on any atom is -0.478 e. The van der Waals surface area contributed by atoms with Crippen LogP contribution in [-0.4, -0.2) is 48.7 Å². The highest BCUT2D eigenvalue weighted by Crippen LogP contribution is 2.10. The number of nitrogens with one attached hydrogen (secondary N) is 1. The Labute approximate surface area is 90.5 Å². The van der Waals surface area contributed by atoms with Crippen molar-refractivity contribution in [2.45, 2.75) is 6.92 Å². The Morgan fingerprint density at radius 3 is 2.87 bits per heavy atom. The van der Waals surface area contributed by atoms with Gasteiger partial charge >= 0.3 is 0 Å². The van der Waals surface area contributed by atoms with E-state index in [0.717, 1.165) is 18.9 Å². The fraction of sp³-hybridized carbons (Fsp3) is 0.600. The van der Waals surface area contributed by atoms with Crippen LogP contribution in [0.5, 0.6) is 5.88 Å². The molecule has 0 amide bonds. The van der Waals surface area contributed by atoms with Crippen LogP contribution in [0.25, 0.3) is 0 Å². The summed E-state index contributed by atoms with van der Waals surface area (Å²) in [6, 6.07) is 1.80. The third-order valence-electron chi connectivity index (χ3n) is 1.80. The Kier molecular flexibility index (Phi) is 4.83. The van der Waals surface area contributed by atoms with Crippen LogP contribution in [0.2, 0.25) is 0 Å². The van der Waals surface area contributed by atoms with Crippen LogP contribution in [0.15, 0.2) is 12.4 Å². The predicted octanol–water partition coefficient (Wildman–Crippen LogP) is 0.849. The van der Waals surface area contributed by atoms with E-state index in [9.17, 15) is 0 Å². The summed E-state index contributed by atoms with van der Waals surface area (Å²) in [7, 11) is 4.07. The van der Waals surface area contributed by atoms with Gasteiger partial charge in [-0.25, -0.2) is 9.97 Å². The zero-order valence-corrected chi connectivity index (χ0v) is 9.53. The molecule has 84 valence electrons. The second kappa shape index (κ2) is 6.19. The molecule has 0 saturated heterocycles. The van der Waals surface area contributed by atoms with Gasteiger partial charge in [0, 0.05) is 19.2 Å². The molecule has 1 rings (SSSR count). The van der Waals surface area contributed by atoms with Crippen molar-refractivity contribution in [3.63, 3.8) is 0 Å². The Morgan fingerprint density at radius 2 is 2.20 bits per heavy atom. The average Bonchev–Trinajstić information content (AvgIpc) is 2.18. The summed E-state index contributed by atoms with van der Waals surface area (Å²) in [4.78, 5) is 10.2. The van der Waals surface area contributed by atoms with E-state index in [0.29, 0.717) is 12.5 Å². The van der Waals surface area contributed by atoms with E-state index in [1.807, 2.05) is 21.0 Å². The molecule has 0 fully saturated rings. The summed E-state index contributed by atoms with van der Waals surface area (Å²) >= 11 is 0. The predicted molar refractivity (Wildman–Crippen MR) is 60.2 cm³/mol. The molecule has 0 atom stereocenters. The molecule has 0 spiro atoms. The molecule has 0 aliphatic heterocycles. The van der Waals surface area contributed by atoms with Gasteiger partial charge in [0.2, 0.25) is 5.88 Å². The van der Waals surface area contributed by atoms with Crippen LogP contribution in [-0.2, 0) is 0 Å². The van der Waals surface area contributed by atoms with Crippen molar-refractivity contribution in [3.8, 4) is 5.88 Å². The van der Waals surface area contributed by atoms with Gasteiger partial charge in [0.1, 0.15) is 12.1 Å². The topological polar surface area (TPSA) is 50.3 Å². The van der Waals surface area contributed by atoms with Crippen molar-refractivity contribution >= 4 is 5.82 Å². The van der Waals surface area contributed by atoms with E-state index in [2.05, 4.69) is 20.2 Å². The smallest absolute Gasteiger partial charge is 0.218 e. The van der Waals surface area contributed by atoms with Gasteiger partial charge in [-0.15, -0.1) is 0 Å². The Bertz CT molecular complexity index is 291. The standard InChI is InChI=1S/C10H18N4O/c1-4-15-10-7-9(12-8-13-10)11-5-6-14(2)3/h7-8H,4-6H2,1-3H3,(H,11,12,13). The molecule has 1 aromatic heterocycles. The lowest BCUT2D eigenvalue weighted by molar-refractivity contribution is 0.326. The maximum Gasteiger partial charge on any atom is 0.218 e. The lowest BCUT2D eigenvalue weighted by Crippen LogP contribution is -2.21. The number of anilines is 1. The van der Waals surface area contributed by atoms with Gasteiger partial charge in [-0.1, -0.05) is 0 Å². The second-order valence-corrected chi connectivity index (χ2v) is 3.40. The second-order valence-electron chi connectivity index (χ2n) is 3.40. The summed E-state index contributed by atoms with van der Waals surface area (Å²) in [6.45, 7) is 4.37. The molecule has 0 aromatic carbocycles. The minimum atomic E-state index is 0.611. The molecule has 5 heteroatoms. The minimum absolute atomic E-state index is 0.611. The lowest BCUT2D eigenvalue weighted by Gasteiger charge is -2.11. The molecule has 0 aliphatic rings. The Balaban J connectivity index is 2.43. The molecule has 15 heavy (non-hydrogen) atoms. The van der Waals surface area contributed by atoms with Crippen molar-refractivity contribution in [1.82, 2.24) is 14.9 Å². The van der Waals surface area contributed by atoms with Gasteiger partial charge < -0.3 is 15.0 Å². The first-order valence-electron chi connectivity index (χ1n) is 5.06. The number of ether oxygens (including phenoxy) is 1. The van der Waals surface area contributed by atoms with Gasteiger partial charge in [-0.3, -0.25) is 0 Å². The SMILES string of the molecule is CCOc1cc(NCCN(C)C)ncn1. The van der Waals surface area contributed by atoms with Crippen LogP contribution in [0, 0.1) is 0 Å². The van der Waals surface area contributed by atoms with Crippen LogP contribution in [0.3, 0.4) is 0 Å². The summed E-state index contributed by atoms with van der Waals surface area (Å²) < 4.78 is 5.27. The quantitative estimate of drug-likeness (QED) is 0.754. The summed E-state index contributed by atoms with van der Waals surface area (Å²) in [5.74, 6) is 1.41. The first-order valence-corrected chi connectivity index (χ1v) is 5.06. The maximum atomic E-state index is 5.27. The van der Waals surface area contributed by atoms with Crippen molar-refractivity contribution < 1.29 is 4.74 Å². The van der Waals surface area contributed by atoms with E-state index < -0.39 is 0 Å². The van der Waals surface area contributed by atoms with Crippen molar-refractivity contribution in [1.29, 1.82) is 0 Å². The van der Waals surface area contributed by atoms with Crippen molar-refractivity contribution in [2.75, 3.05) is 39.1 Å². The lowest BCUT2D eigenvalue weighted by atomic mass is 10.5. The summed E-state index contributed by atoms with van der Waals surface area (Å²) in [5, 5.41) is 3.20. The van der Waals surface area contributed by atoms with Gasteiger partial charge in [0.05, 0.1) is 6.61 Å². The fourth-order valence-corrected chi connectivity index (χ4v) is 1.07. The summed E-state index contributed by atoms with van der Waals surface area (Å²) in [6.07, 6.45) is 1.50. The highest BCUT2D eigenvalue weighted by molar-refractivity contribution is 5.36. The molecular formula is C10H18N4O. The van der Waals surface area contributed by atoms with E-state index >= 15 is 0 Å². The average molecular weight is 210 g/mol. The molecular weight excluding hydrogens is 192 g/mol. The monoisotopic (exact) mass is 210 g/mol. The van der Waals surface area contributed by atoms with E-state index in [-0.39, 0.29) is 0 Å². The van der Waals surface area contributed by atoms with Crippen LogP contribution >= 0.6 is 0 Å². The first kappa shape index (κ1) is 11.7. The third kappa shape index (κ3) is 4.60. The van der Waals surface area contributed by atoms with E-state index in [4.69, 9.17) is 4.74 Å². The number of hydrogen-bond donors (Lipinski definition) is 1. The van der Waals surface area contributed by atoms with Gasteiger partial charge in [0.15, 0.2) is 0 Å². The van der Waals surface area contributed by atoms with Crippen molar-refractivity contribution in [2.24, 2.45) is 0 Å². The molecule has 5 nitrogen and oxygen atoms in total. The van der Waals surface area contributed by atoms with Crippen LogP contribution in [0.4, 0.5) is 5.82 Å². The maximum absolute atomic E-state index is 5.27. The number of likely N-dealkylation sites (N-methyl/N-ethyl adjacent to an activating group) is 1. The number of rotatable bonds is 6. The van der Waals surface area contributed by atoms with Crippen LogP contribution in [0.1, 0.15) is 6.92 Å². The first-order chi connectivity index (χ1) is 7.22. The van der Waals surface area contributed by atoms with E-state index in [1.165, 1.54) is 6.33 Å². The molecule has 0 aliphatic carbocycles. The molecule has 0 bridgehead atoms. The zero-order chi connectivity index (χ0) is 11.1.